The van der Waals surface area contributed by atoms with Crippen LogP contribution in [-0.2, 0) is 4.79 Å². The molecular weight excluding hydrogens is 513 g/mol. The maximum absolute atomic E-state index is 15.0. The van der Waals surface area contributed by atoms with Crippen molar-refractivity contribution in [1.29, 1.82) is 0 Å². The lowest BCUT2D eigenvalue weighted by Crippen LogP contribution is -2.58. The van der Waals surface area contributed by atoms with Gasteiger partial charge in [0, 0.05) is 44.8 Å². The average molecular weight is 544 g/mol. The quantitative estimate of drug-likeness (QED) is 0.595. The van der Waals surface area contributed by atoms with Crippen molar-refractivity contribution in [2.75, 3.05) is 51.3 Å². The first-order valence-electron chi connectivity index (χ1n) is 12.7. The molecule has 0 radical (unpaired) electrons. The lowest BCUT2D eigenvalue weighted by atomic mass is 10.0. The summed E-state index contributed by atoms with van der Waals surface area (Å²) in [5, 5.41) is 10.5. The van der Waals surface area contributed by atoms with Crippen LogP contribution in [0.5, 0.6) is 11.5 Å². The molecular formula is C27H31ClFN5O4. The van der Waals surface area contributed by atoms with Crippen molar-refractivity contribution in [2.24, 2.45) is 0 Å². The van der Waals surface area contributed by atoms with E-state index < -0.39 is 11.9 Å². The predicted octanol–water partition coefficient (Wildman–Crippen LogP) is 3.01. The number of anilines is 1. The number of amides is 2. The number of likely N-dealkylation sites (N-methyl/N-ethyl adjacent to an activating group) is 1. The number of aromatic nitrogens is 1. The van der Waals surface area contributed by atoms with Gasteiger partial charge in [-0.25, -0.2) is 9.37 Å². The van der Waals surface area contributed by atoms with Crippen molar-refractivity contribution in [3.8, 4) is 22.8 Å². The third-order valence-electron chi connectivity index (χ3n) is 8.02. The van der Waals surface area contributed by atoms with E-state index in [1.54, 1.807) is 9.80 Å². The Hall–Kier alpha value is -3.37. The fourth-order valence-electron chi connectivity index (χ4n) is 5.50. The number of pyridine rings is 1. The molecule has 11 heteroatoms. The molecule has 0 bridgehead atoms. The highest BCUT2D eigenvalue weighted by atomic mass is 35.5. The fraction of sp³-hybridized carbons (Fsp3) is 0.444. The Labute approximate surface area is 226 Å². The van der Waals surface area contributed by atoms with E-state index in [-0.39, 0.29) is 70.4 Å². The number of hydrogen-bond donors (Lipinski definition) is 1. The smallest absolute Gasteiger partial charge is 0.261 e. The standard InChI is InChI=1S/C27H31ClFN5O4/c1-5-20(36)32-10-12-34-17(13-32)14-38-25-22(27(34)37)26(33-11-9-31(4)15(2)16(33)3)30-24(23(25)28)21-18(29)7-6-8-19(21)35/h5-8,15-17,35H,1,9-14H2,2-4H3/t15-,16-,17+/m0/s1. The van der Waals surface area contributed by atoms with Crippen LogP contribution in [0.15, 0.2) is 30.9 Å². The molecule has 0 aliphatic carbocycles. The molecule has 38 heavy (non-hydrogen) atoms. The van der Waals surface area contributed by atoms with Gasteiger partial charge >= 0.3 is 0 Å². The molecule has 0 saturated carbocycles. The number of benzene rings is 1. The first-order chi connectivity index (χ1) is 18.1. The highest BCUT2D eigenvalue weighted by molar-refractivity contribution is 6.35. The number of phenols is 1. The zero-order chi connectivity index (χ0) is 27.3. The maximum atomic E-state index is 15.0. The molecule has 2 saturated heterocycles. The Morgan fingerprint density at radius 3 is 2.63 bits per heavy atom. The van der Waals surface area contributed by atoms with Gasteiger partial charge in [-0.15, -0.1) is 0 Å². The van der Waals surface area contributed by atoms with Gasteiger partial charge in [0.15, 0.2) is 5.75 Å². The SMILES string of the molecule is C=CC(=O)N1CCN2C(=O)c3c(N4CCN(C)[C@@H](C)[C@@H]4C)nc(-c4c(O)cccc4F)c(Cl)c3OC[C@H]2C1. The first kappa shape index (κ1) is 26.2. The van der Waals surface area contributed by atoms with Crippen LogP contribution in [-0.4, -0.2) is 101 Å². The number of nitrogens with zero attached hydrogens (tertiary/aromatic N) is 5. The molecule has 2 amide bonds. The van der Waals surface area contributed by atoms with E-state index in [4.69, 9.17) is 21.3 Å². The van der Waals surface area contributed by atoms with Crippen LogP contribution in [0.4, 0.5) is 10.2 Å². The van der Waals surface area contributed by atoms with E-state index >= 15 is 4.39 Å². The number of carbonyl (C=O) groups excluding carboxylic acids is 2. The first-order valence-corrected chi connectivity index (χ1v) is 13.0. The molecule has 1 N–H and O–H groups in total. The molecule has 3 atom stereocenters. The molecule has 1 aromatic heterocycles. The molecule has 0 spiro atoms. The largest absolute Gasteiger partial charge is 0.507 e. The summed E-state index contributed by atoms with van der Waals surface area (Å²) >= 11 is 6.80. The van der Waals surface area contributed by atoms with Crippen molar-refractivity contribution in [3.63, 3.8) is 0 Å². The van der Waals surface area contributed by atoms with Crippen LogP contribution in [0.1, 0.15) is 24.2 Å². The van der Waals surface area contributed by atoms with E-state index in [0.717, 1.165) is 6.54 Å². The summed E-state index contributed by atoms with van der Waals surface area (Å²) in [4.78, 5) is 38.7. The highest BCUT2D eigenvalue weighted by Gasteiger charge is 2.42. The number of hydrogen-bond acceptors (Lipinski definition) is 7. The topological polar surface area (TPSA) is 89.5 Å². The second-order valence-corrected chi connectivity index (χ2v) is 10.4. The number of carbonyl (C=O) groups is 2. The summed E-state index contributed by atoms with van der Waals surface area (Å²) in [6.07, 6.45) is 1.26. The lowest BCUT2D eigenvalue weighted by Gasteiger charge is -2.45. The number of fused-ring (bicyclic) bond motifs is 2. The van der Waals surface area contributed by atoms with Crippen molar-refractivity contribution in [2.45, 2.75) is 32.0 Å². The Morgan fingerprint density at radius 1 is 1.18 bits per heavy atom. The van der Waals surface area contributed by atoms with Crippen molar-refractivity contribution < 1.29 is 23.8 Å². The van der Waals surface area contributed by atoms with Gasteiger partial charge in [0.05, 0.1) is 11.6 Å². The minimum Gasteiger partial charge on any atom is -0.507 e. The van der Waals surface area contributed by atoms with Crippen LogP contribution < -0.4 is 9.64 Å². The van der Waals surface area contributed by atoms with Crippen LogP contribution in [0, 0.1) is 5.82 Å². The molecule has 9 nitrogen and oxygen atoms in total. The monoisotopic (exact) mass is 543 g/mol. The zero-order valence-electron chi connectivity index (χ0n) is 21.7. The fourth-order valence-corrected chi connectivity index (χ4v) is 5.78. The molecule has 0 unspecified atom stereocenters. The second kappa shape index (κ2) is 10.1. The van der Waals surface area contributed by atoms with E-state index in [9.17, 15) is 14.7 Å². The summed E-state index contributed by atoms with van der Waals surface area (Å²) < 4.78 is 21.2. The third kappa shape index (κ3) is 4.25. The molecule has 3 aliphatic rings. The van der Waals surface area contributed by atoms with Gasteiger partial charge in [-0.2, -0.15) is 0 Å². The van der Waals surface area contributed by atoms with Gasteiger partial charge < -0.3 is 24.5 Å². The maximum Gasteiger partial charge on any atom is 0.261 e. The normalized spacial score (nSPS) is 23.9. The van der Waals surface area contributed by atoms with E-state index in [0.29, 0.717) is 25.5 Å². The number of halogens is 2. The summed E-state index contributed by atoms with van der Waals surface area (Å²) in [6, 6.07) is 3.67. The Bertz CT molecular complexity index is 1290. The predicted molar refractivity (Wildman–Crippen MR) is 142 cm³/mol. The summed E-state index contributed by atoms with van der Waals surface area (Å²) in [7, 11) is 2.04. The molecule has 3 aliphatic heterocycles. The van der Waals surface area contributed by atoms with Crippen LogP contribution in [0.2, 0.25) is 5.02 Å². The van der Waals surface area contributed by atoms with Gasteiger partial charge in [-0.05, 0) is 39.1 Å². The Kier molecular flexibility index (Phi) is 6.96. The summed E-state index contributed by atoms with van der Waals surface area (Å²) in [5.41, 5.74) is 0.0623. The van der Waals surface area contributed by atoms with Crippen LogP contribution in [0.3, 0.4) is 0 Å². The lowest BCUT2D eigenvalue weighted by molar-refractivity contribution is -0.128. The van der Waals surface area contributed by atoms with Crippen molar-refractivity contribution >= 4 is 29.2 Å². The Morgan fingerprint density at radius 2 is 1.92 bits per heavy atom. The second-order valence-electron chi connectivity index (χ2n) is 10.0. The van der Waals surface area contributed by atoms with Crippen molar-refractivity contribution in [1.82, 2.24) is 19.7 Å². The molecule has 2 fully saturated rings. The van der Waals surface area contributed by atoms with Gasteiger partial charge in [-0.3, -0.25) is 14.5 Å². The molecule has 1 aromatic carbocycles. The third-order valence-corrected chi connectivity index (χ3v) is 8.37. The number of rotatable bonds is 3. The van der Waals surface area contributed by atoms with E-state index in [2.05, 4.69) is 18.4 Å². The van der Waals surface area contributed by atoms with Gasteiger partial charge in [0.25, 0.3) is 5.91 Å². The highest BCUT2D eigenvalue weighted by Crippen LogP contribution is 2.46. The minimum atomic E-state index is -0.693. The van der Waals surface area contributed by atoms with Gasteiger partial charge in [0.1, 0.15) is 40.3 Å². The Balaban J connectivity index is 1.68. The summed E-state index contributed by atoms with van der Waals surface area (Å²) in [6.45, 7) is 10.1. The van der Waals surface area contributed by atoms with E-state index in [1.165, 1.54) is 24.3 Å². The molecule has 2 aromatic rings. The van der Waals surface area contributed by atoms with Gasteiger partial charge in [-0.1, -0.05) is 24.2 Å². The minimum absolute atomic E-state index is 0.00549. The molecule has 4 heterocycles. The molecule has 202 valence electrons. The number of ether oxygens (including phenoxy) is 1. The average Bonchev–Trinajstić information content (AvgIpc) is 3.05. The van der Waals surface area contributed by atoms with Crippen LogP contribution in [0.25, 0.3) is 11.3 Å². The number of phenolic OH excluding ortho intramolecular Hbond substituents is 1. The molecule has 5 rings (SSSR count). The van der Waals surface area contributed by atoms with E-state index in [1.807, 2.05) is 18.9 Å². The van der Waals surface area contributed by atoms with Crippen LogP contribution >= 0.6 is 11.6 Å². The number of aromatic hydroxyl groups is 1. The van der Waals surface area contributed by atoms with Crippen molar-refractivity contribution in [3.05, 3.63) is 47.3 Å². The number of piperazine rings is 2. The van der Waals surface area contributed by atoms with Gasteiger partial charge in [0.2, 0.25) is 5.91 Å². The summed E-state index contributed by atoms with van der Waals surface area (Å²) in [5.74, 6) is -1.08. The zero-order valence-corrected chi connectivity index (χ0v) is 22.4.